The van der Waals surface area contributed by atoms with Crippen LogP contribution >= 0.6 is 0 Å². The van der Waals surface area contributed by atoms with E-state index in [0.29, 0.717) is 5.75 Å². The number of halogens is 1. The Morgan fingerprint density at radius 2 is 1.63 bits per heavy atom. The summed E-state index contributed by atoms with van der Waals surface area (Å²) in [5.74, 6) is 0.534. The monoisotopic (exact) mass is 278 g/mol. The number of carbonyl (C=O) groups excluding carboxylic acids is 1. The zero-order valence-corrected chi connectivity index (χ0v) is 11.5. The van der Waals surface area contributed by atoms with E-state index >= 15 is 0 Å². The number of para-hydroxylation sites is 1. The Bertz CT molecular complexity index is 527. The second-order valence-corrected chi connectivity index (χ2v) is 4.04. The number of pyridine rings is 1. The predicted molar refractivity (Wildman–Crippen MR) is 68.8 cm³/mol. The van der Waals surface area contributed by atoms with Gasteiger partial charge in [0.15, 0.2) is 12.4 Å². The molecule has 2 aromatic rings. The van der Waals surface area contributed by atoms with E-state index < -0.39 is 6.09 Å². The van der Waals surface area contributed by atoms with Crippen molar-refractivity contribution in [3.63, 3.8) is 0 Å². The fourth-order valence-corrected chi connectivity index (χ4v) is 1.48. The number of benzene rings is 1. The fraction of sp³-hybridized carbons (Fsp3) is 0.143. The van der Waals surface area contributed by atoms with E-state index in [-0.39, 0.29) is 12.4 Å². The second-order valence-electron chi connectivity index (χ2n) is 4.04. The third-order valence-corrected chi connectivity index (χ3v) is 2.49. The van der Waals surface area contributed by atoms with Crippen molar-refractivity contribution in [2.75, 3.05) is 19.0 Å². The molecule has 100 valence electrons. The van der Waals surface area contributed by atoms with Crippen molar-refractivity contribution in [2.24, 2.45) is 0 Å². The van der Waals surface area contributed by atoms with Gasteiger partial charge < -0.3 is 22.0 Å². The van der Waals surface area contributed by atoms with Crippen LogP contribution in [0.5, 0.6) is 5.75 Å². The molecule has 0 N–H and O–H groups in total. The normalized spacial score (nSPS) is 9.37. The molecule has 0 unspecified atom stereocenters. The molecule has 19 heavy (non-hydrogen) atoms. The molecule has 1 heterocycles. The summed E-state index contributed by atoms with van der Waals surface area (Å²) in [6, 6.07) is 12.7. The van der Waals surface area contributed by atoms with E-state index in [1.165, 1.54) is 4.57 Å². The Morgan fingerprint density at radius 3 is 2.16 bits per heavy atom. The molecule has 5 heteroatoms. The number of nitrogens with zero attached hydrogens (tertiary/aromatic N) is 2. The van der Waals surface area contributed by atoms with Gasteiger partial charge in [0.1, 0.15) is 5.75 Å². The minimum Gasteiger partial charge on any atom is -1.00 e. The van der Waals surface area contributed by atoms with Crippen molar-refractivity contribution in [3.8, 4) is 5.75 Å². The number of rotatable bonds is 2. The standard InChI is InChI=1S/C14H15N2O2.ClH/c1-15(2)12-8-10-16(11-9-12)14(17)18-13-6-4-3-5-7-13;/h3-11H,1-2H3;1H/q+1;/p-1. The maximum absolute atomic E-state index is 11.8. The van der Waals surface area contributed by atoms with Crippen LogP contribution in [0.2, 0.25) is 0 Å². The molecule has 0 spiro atoms. The molecule has 2 rings (SSSR count). The van der Waals surface area contributed by atoms with Crippen molar-refractivity contribution in [2.45, 2.75) is 0 Å². The Balaban J connectivity index is 0.00000180. The lowest BCUT2D eigenvalue weighted by atomic mass is 10.3. The number of ether oxygens (including phenoxy) is 1. The first-order chi connectivity index (χ1) is 8.66. The summed E-state index contributed by atoms with van der Waals surface area (Å²) in [7, 11) is 3.89. The number of carbonyl (C=O) groups is 1. The lowest BCUT2D eigenvalue weighted by Gasteiger charge is -2.09. The van der Waals surface area contributed by atoms with E-state index in [0.717, 1.165) is 5.69 Å². The third kappa shape index (κ3) is 3.96. The van der Waals surface area contributed by atoms with E-state index in [1.54, 1.807) is 24.5 Å². The minimum atomic E-state index is -0.425. The number of hydrogen-bond acceptors (Lipinski definition) is 3. The van der Waals surface area contributed by atoms with Crippen LogP contribution in [0.4, 0.5) is 10.5 Å². The number of hydrogen-bond donors (Lipinski definition) is 0. The van der Waals surface area contributed by atoms with Gasteiger partial charge >= 0.3 is 6.09 Å². The van der Waals surface area contributed by atoms with Crippen LogP contribution in [0.3, 0.4) is 0 Å². The van der Waals surface area contributed by atoms with Gasteiger partial charge in [-0.1, -0.05) is 22.8 Å². The summed E-state index contributed by atoms with van der Waals surface area (Å²) in [5.41, 5.74) is 1.03. The van der Waals surface area contributed by atoms with Gasteiger partial charge in [-0.25, -0.2) is 0 Å². The Kier molecular flexibility index (Phi) is 5.33. The van der Waals surface area contributed by atoms with Gasteiger partial charge in [-0.2, -0.15) is 4.79 Å². The average Bonchev–Trinajstić information content (AvgIpc) is 2.40. The van der Waals surface area contributed by atoms with Gasteiger partial charge in [-0.05, 0) is 12.1 Å². The van der Waals surface area contributed by atoms with Crippen molar-refractivity contribution >= 4 is 11.8 Å². The fourth-order valence-electron chi connectivity index (χ4n) is 1.48. The molecule has 4 nitrogen and oxygen atoms in total. The molecule has 0 atom stereocenters. The summed E-state index contributed by atoms with van der Waals surface area (Å²) in [4.78, 5) is 13.8. The van der Waals surface area contributed by atoms with Gasteiger partial charge in [-0.3, -0.25) is 0 Å². The lowest BCUT2D eigenvalue weighted by Crippen LogP contribution is -3.00. The first kappa shape index (κ1) is 15.0. The Labute approximate surface area is 118 Å². The summed E-state index contributed by atoms with van der Waals surface area (Å²) < 4.78 is 6.61. The highest BCUT2D eigenvalue weighted by Gasteiger charge is 2.16. The van der Waals surface area contributed by atoms with Crippen molar-refractivity contribution in [1.29, 1.82) is 0 Å². The van der Waals surface area contributed by atoms with Crippen molar-refractivity contribution in [1.82, 2.24) is 0 Å². The van der Waals surface area contributed by atoms with Crippen LogP contribution < -0.4 is 26.6 Å². The van der Waals surface area contributed by atoms with E-state index in [2.05, 4.69) is 0 Å². The average molecular weight is 279 g/mol. The molecule has 0 bridgehead atoms. The Hall–Kier alpha value is -2.07. The second kappa shape index (κ2) is 6.75. The topological polar surface area (TPSA) is 33.4 Å². The van der Waals surface area contributed by atoms with E-state index in [1.807, 2.05) is 49.3 Å². The van der Waals surface area contributed by atoms with Gasteiger partial charge in [0.2, 0.25) is 0 Å². The zero-order valence-electron chi connectivity index (χ0n) is 10.8. The zero-order chi connectivity index (χ0) is 13.0. The van der Waals surface area contributed by atoms with Crippen LogP contribution in [0, 0.1) is 0 Å². The maximum Gasteiger partial charge on any atom is 0.607 e. The van der Waals surface area contributed by atoms with Gasteiger partial charge in [0.25, 0.3) is 0 Å². The SMILES string of the molecule is CN(C)c1cc[n+](C(=O)Oc2ccccc2)cc1.[Cl-]. The molecule has 0 aliphatic rings. The number of anilines is 1. The smallest absolute Gasteiger partial charge is 0.607 e. The lowest BCUT2D eigenvalue weighted by molar-refractivity contribution is -0.581. The highest BCUT2D eigenvalue weighted by atomic mass is 35.5. The van der Waals surface area contributed by atoms with Crippen molar-refractivity contribution in [3.05, 3.63) is 54.9 Å². The molecule has 1 aromatic heterocycles. The van der Waals surface area contributed by atoms with Crippen LogP contribution in [0.25, 0.3) is 0 Å². The highest BCUT2D eigenvalue weighted by molar-refractivity contribution is 5.61. The maximum atomic E-state index is 11.8. The quantitative estimate of drug-likeness (QED) is 0.667. The van der Waals surface area contributed by atoms with E-state index in [4.69, 9.17) is 4.74 Å². The summed E-state index contributed by atoms with van der Waals surface area (Å²) in [5, 5.41) is 0. The summed E-state index contributed by atoms with van der Waals surface area (Å²) in [6.07, 6.45) is 2.94. The van der Waals surface area contributed by atoms with Gasteiger partial charge in [-0.15, -0.1) is 0 Å². The largest absolute Gasteiger partial charge is 1.00 e. The van der Waals surface area contributed by atoms with Crippen LogP contribution in [-0.4, -0.2) is 20.2 Å². The van der Waals surface area contributed by atoms with Gasteiger partial charge in [0.05, 0.1) is 0 Å². The molecule has 0 saturated carbocycles. The highest BCUT2D eigenvalue weighted by Crippen LogP contribution is 2.09. The molecule has 0 saturated heterocycles. The van der Waals surface area contributed by atoms with Crippen LogP contribution in [-0.2, 0) is 0 Å². The molecule has 0 radical (unpaired) electrons. The summed E-state index contributed by atoms with van der Waals surface area (Å²) in [6.45, 7) is 0. The molecule has 0 fully saturated rings. The third-order valence-electron chi connectivity index (χ3n) is 2.49. The first-order valence-corrected chi connectivity index (χ1v) is 5.63. The minimum absolute atomic E-state index is 0. The first-order valence-electron chi connectivity index (χ1n) is 5.63. The predicted octanol–water partition coefficient (Wildman–Crippen LogP) is -0.909. The number of aromatic nitrogens is 1. The van der Waals surface area contributed by atoms with Crippen LogP contribution in [0.15, 0.2) is 54.9 Å². The Morgan fingerprint density at radius 1 is 1.05 bits per heavy atom. The molecule has 1 aromatic carbocycles. The molecular weight excluding hydrogens is 264 g/mol. The van der Waals surface area contributed by atoms with E-state index in [9.17, 15) is 4.79 Å². The summed E-state index contributed by atoms with van der Waals surface area (Å²) >= 11 is 0. The molecular formula is C14H15ClN2O2. The molecule has 0 amide bonds. The molecule has 0 aliphatic carbocycles. The van der Waals surface area contributed by atoms with Crippen molar-refractivity contribution < 1.29 is 26.5 Å². The molecule has 0 aliphatic heterocycles. The van der Waals surface area contributed by atoms with Gasteiger partial charge in [0, 0.05) is 31.9 Å². The van der Waals surface area contributed by atoms with Crippen LogP contribution in [0.1, 0.15) is 0 Å².